The molecule has 104 valence electrons. The van der Waals surface area contributed by atoms with Crippen LogP contribution in [0.1, 0.15) is 23.7 Å². The molecule has 1 fully saturated rings. The molecule has 1 aromatic carbocycles. The van der Waals surface area contributed by atoms with E-state index in [1.165, 1.54) is 0 Å². The zero-order valence-electron chi connectivity index (χ0n) is 11.2. The van der Waals surface area contributed by atoms with Crippen molar-refractivity contribution in [1.29, 1.82) is 0 Å². The Balaban J connectivity index is 2.10. The number of hydrogen-bond acceptors (Lipinski definition) is 4. The second-order valence-electron chi connectivity index (χ2n) is 4.72. The van der Waals surface area contributed by atoms with Crippen molar-refractivity contribution < 1.29 is 19.4 Å². The van der Waals surface area contributed by atoms with Gasteiger partial charge in [0.25, 0.3) is 0 Å². The molecule has 19 heavy (non-hydrogen) atoms. The van der Waals surface area contributed by atoms with Crippen LogP contribution in [0, 0.1) is 5.92 Å². The van der Waals surface area contributed by atoms with Gasteiger partial charge >= 0.3 is 5.97 Å². The summed E-state index contributed by atoms with van der Waals surface area (Å²) in [6.07, 6.45) is 1.21. The number of ether oxygens (including phenoxy) is 2. The summed E-state index contributed by atoms with van der Waals surface area (Å²) in [6.45, 7) is 3.52. The largest absolute Gasteiger partial charge is 0.497 e. The lowest BCUT2D eigenvalue weighted by atomic mass is 10.0. The average molecular weight is 265 g/mol. The van der Waals surface area contributed by atoms with Crippen molar-refractivity contribution in [3.63, 3.8) is 0 Å². The Hall–Kier alpha value is -1.75. The Kier molecular flexibility index (Phi) is 4.27. The number of carboxylic acid groups (broad SMARTS) is 1. The predicted octanol–water partition coefficient (Wildman–Crippen LogP) is 2.23. The topological polar surface area (TPSA) is 67.8 Å². The Morgan fingerprint density at radius 2 is 2.37 bits per heavy atom. The minimum absolute atomic E-state index is 0.214. The highest BCUT2D eigenvalue weighted by Crippen LogP contribution is 2.25. The monoisotopic (exact) mass is 265 g/mol. The van der Waals surface area contributed by atoms with Crippen LogP contribution >= 0.6 is 0 Å². The zero-order chi connectivity index (χ0) is 13.8. The van der Waals surface area contributed by atoms with Crippen LogP contribution in [-0.4, -0.2) is 37.4 Å². The first-order valence-electron chi connectivity index (χ1n) is 6.38. The summed E-state index contributed by atoms with van der Waals surface area (Å²) in [7, 11) is 1.56. The van der Waals surface area contributed by atoms with Crippen LogP contribution in [0.25, 0.3) is 0 Å². The minimum atomic E-state index is -0.944. The number of benzene rings is 1. The van der Waals surface area contributed by atoms with E-state index in [9.17, 15) is 4.79 Å². The van der Waals surface area contributed by atoms with Crippen molar-refractivity contribution in [1.82, 2.24) is 0 Å². The lowest BCUT2D eigenvalue weighted by Gasteiger charge is -2.17. The van der Waals surface area contributed by atoms with Gasteiger partial charge in [0.15, 0.2) is 0 Å². The summed E-state index contributed by atoms with van der Waals surface area (Å²) in [4.78, 5) is 11.2. The molecule has 5 nitrogen and oxygen atoms in total. The molecule has 1 aliphatic heterocycles. The number of carboxylic acids is 1. The van der Waals surface area contributed by atoms with Gasteiger partial charge in [-0.1, -0.05) is 0 Å². The van der Waals surface area contributed by atoms with E-state index < -0.39 is 5.97 Å². The van der Waals surface area contributed by atoms with E-state index in [2.05, 4.69) is 5.32 Å². The number of carbonyl (C=O) groups is 1. The molecule has 0 spiro atoms. The number of rotatable bonds is 5. The van der Waals surface area contributed by atoms with Crippen LogP contribution in [0.2, 0.25) is 0 Å². The van der Waals surface area contributed by atoms with Gasteiger partial charge in [-0.25, -0.2) is 4.79 Å². The van der Waals surface area contributed by atoms with Crippen molar-refractivity contribution in [3.8, 4) is 5.75 Å². The molecule has 0 aromatic heterocycles. The molecule has 5 heteroatoms. The predicted molar refractivity (Wildman–Crippen MR) is 72.0 cm³/mol. The maximum atomic E-state index is 11.2. The van der Waals surface area contributed by atoms with Gasteiger partial charge in [0.1, 0.15) is 5.75 Å². The third-order valence-corrected chi connectivity index (χ3v) is 3.55. The highest BCUT2D eigenvalue weighted by atomic mass is 16.5. The van der Waals surface area contributed by atoms with Gasteiger partial charge in [0, 0.05) is 25.1 Å². The average Bonchev–Trinajstić information content (AvgIpc) is 2.81. The smallest absolute Gasteiger partial charge is 0.337 e. The first-order chi connectivity index (χ1) is 9.11. The van der Waals surface area contributed by atoms with Crippen LogP contribution < -0.4 is 10.1 Å². The molecule has 1 saturated heterocycles. The molecule has 0 bridgehead atoms. The molecule has 1 aliphatic rings. The highest BCUT2D eigenvalue weighted by molar-refractivity contribution is 5.94. The number of anilines is 1. The molecule has 2 atom stereocenters. The van der Waals surface area contributed by atoms with E-state index in [0.29, 0.717) is 23.9 Å². The van der Waals surface area contributed by atoms with Crippen molar-refractivity contribution in [2.45, 2.75) is 19.4 Å². The van der Waals surface area contributed by atoms with Crippen LogP contribution in [0.5, 0.6) is 5.75 Å². The van der Waals surface area contributed by atoms with Crippen LogP contribution in [-0.2, 0) is 4.74 Å². The Morgan fingerprint density at radius 3 is 2.95 bits per heavy atom. The second kappa shape index (κ2) is 5.93. The summed E-state index contributed by atoms with van der Waals surface area (Å²) in [5, 5.41) is 12.4. The Bertz CT molecular complexity index is 461. The van der Waals surface area contributed by atoms with E-state index in [1.54, 1.807) is 25.3 Å². The number of methoxy groups -OCH3 is 1. The SMILES string of the molecule is COc1ccc(C(=O)O)c(NCC2CCOC2C)c1. The number of hydrogen-bond donors (Lipinski definition) is 2. The fourth-order valence-electron chi connectivity index (χ4n) is 2.27. The van der Waals surface area contributed by atoms with E-state index >= 15 is 0 Å². The molecular weight excluding hydrogens is 246 g/mol. The molecular formula is C14H19NO4. The van der Waals surface area contributed by atoms with Gasteiger partial charge in [0.05, 0.1) is 24.5 Å². The van der Waals surface area contributed by atoms with Crippen LogP contribution in [0.4, 0.5) is 5.69 Å². The quantitative estimate of drug-likeness (QED) is 0.854. The van der Waals surface area contributed by atoms with Gasteiger partial charge in [-0.2, -0.15) is 0 Å². The summed E-state index contributed by atoms with van der Waals surface area (Å²) in [5.74, 6) is 0.108. The van der Waals surface area contributed by atoms with E-state index in [4.69, 9.17) is 14.6 Å². The third-order valence-electron chi connectivity index (χ3n) is 3.55. The van der Waals surface area contributed by atoms with Gasteiger partial charge in [-0.3, -0.25) is 0 Å². The van der Waals surface area contributed by atoms with Gasteiger partial charge in [0.2, 0.25) is 0 Å². The number of aromatic carboxylic acids is 1. The molecule has 0 radical (unpaired) electrons. The molecule has 1 aromatic rings. The van der Waals surface area contributed by atoms with Crippen LogP contribution in [0.15, 0.2) is 18.2 Å². The molecule has 0 saturated carbocycles. The fourth-order valence-corrected chi connectivity index (χ4v) is 2.27. The van der Waals surface area contributed by atoms with Gasteiger partial charge in [-0.15, -0.1) is 0 Å². The van der Waals surface area contributed by atoms with Crippen LogP contribution in [0.3, 0.4) is 0 Å². The second-order valence-corrected chi connectivity index (χ2v) is 4.72. The molecule has 2 unspecified atom stereocenters. The van der Waals surface area contributed by atoms with Gasteiger partial charge < -0.3 is 19.9 Å². The van der Waals surface area contributed by atoms with Crippen molar-refractivity contribution in [2.24, 2.45) is 5.92 Å². The normalized spacial score (nSPS) is 22.2. The summed E-state index contributed by atoms with van der Waals surface area (Å²) in [5.41, 5.74) is 0.846. The zero-order valence-corrected chi connectivity index (χ0v) is 11.2. The lowest BCUT2D eigenvalue weighted by Crippen LogP contribution is -2.21. The standard InChI is InChI=1S/C14H19NO4/c1-9-10(5-6-19-9)8-15-13-7-11(18-2)3-4-12(13)14(16)17/h3-4,7,9-10,15H,5-6,8H2,1-2H3,(H,16,17). The lowest BCUT2D eigenvalue weighted by molar-refractivity contribution is 0.0698. The first kappa shape index (κ1) is 13.7. The third kappa shape index (κ3) is 3.17. The summed E-state index contributed by atoms with van der Waals surface area (Å²) < 4.78 is 10.6. The molecule has 1 heterocycles. The minimum Gasteiger partial charge on any atom is -0.497 e. The molecule has 2 N–H and O–H groups in total. The van der Waals surface area contributed by atoms with Crippen molar-refractivity contribution >= 4 is 11.7 Å². The molecule has 2 rings (SSSR count). The van der Waals surface area contributed by atoms with E-state index in [-0.39, 0.29) is 11.7 Å². The summed E-state index contributed by atoms with van der Waals surface area (Å²) in [6, 6.07) is 4.91. The maximum absolute atomic E-state index is 11.2. The van der Waals surface area contributed by atoms with Crippen molar-refractivity contribution in [2.75, 3.05) is 25.6 Å². The number of nitrogens with one attached hydrogen (secondary N) is 1. The maximum Gasteiger partial charge on any atom is 0.337 e. The first-order valence-corrected chi connectivity index (χ1v) is 6.38. The highest BCUT2D eigenvalue weighted by Gasteiger charge is 2.24. The Morgan fingerprint density at radius 1 is 1.58 bits per heavy atom. The fraction of sp³-hybridized carbons (Fsp3) is 0.500. The van der Waals surface area contributed by atoms with E-state index in [0.717, 1.165) is 13.0 Å². The van der Waals surface area contributed by atoms with E-state index in [1.807, 2.05) is 6.92 Å². The van der Waals surface area contributed by atoms with Gasteiger partial charge in [-0.05, 0) is 25.5 Å². The Labute approximate surface area is 112 Å². The summed E-state index contributed by atoms with van der Waals surface area (Å²) >= 11 is 0. The molecule has 0 amide bonds. The molecule has 0 aliphatic carbocycles. The van der Waals surface area contributed by atoms with Crippen molar-refractivity contribution in [3.05, 3.63) is 23.8 Å².